The van der Waals surface area contributed by atoms with Gasteiger partial charge >= 0.3 is 0 Å². The van der Waals surface area contributed by atoms with Gasteiger partial charge in [-0.05, 0) is 30.6 Å². The summed E-state index contributed by atoms with van der Waals surface area (Å²) in [7, 11) is 0. The Bertz CT molecular complexity index is 264. The molecule has 0 amide bonds. The van der Waals surface area contributed by atoms with E-state index in [4.69, 9.17) is 0 Å². The van der Waals surface area contributed by atoms with Crippen LogP contribution in [-0.4, -0.2) is 18.0 Å². The molecule has 0 aromatic heterocycles. The van der Waals surface area contributed by atoms with Crippen molar-refractivity contribution < 1.29 is 0 Å². The highest BCUT2D eigenvalue weighted by Crippen LogP contribution is 2.11. The van der Waals surface area contributed by atoms with E-state index in [2.05, 4.69) is 49.9 Å². The Morgan fingerprint density at radius 3 is 2.00 bits per heavy atom. The van der Waals surface area contributed by atoms with Crippen molar-refractivity contribution in [3.63, 3.8) is 0 Å². The van der Waals surface area contributed by atoms with Gasteiger partial charge in [0.05, 0.1) is 0 Å². The summed E-state index contributed by atoms with van der Waals surface area (Å²) < 4.78 is 0. The highest BCUT2D eigenvalue weighted by molar-refractivity contribution is 5.26. The van der Waals surface area contributed by atoms with E-state index in [-0.39, 0.29) is 0 Å². The fourth-order valence-electron chi connectivity index (χ4n) is 1.74. The maximum atomic E-state index is 2.45. The minimum Gasteiger partial charge on any atom is -0.300 e. The van der Waals surface area contributed by atoms with Crippen LogP contribution in [0.1, 0.15) is 31.9 Å². The molecule has 0 N–H and O–H groups in total. The largest absolute Gasteiger partial charge is 0.300 e. The molecular formula is C13H21N. The number of benzene rings is 1. The van der Waals surface area contributed by atoms with Crippen molar-refractivity contribution in [2.24, 2.45) is 0 Å². The Labute approximate surface area is 87.7 Å². The maximum absolute atomic E-state index is 2.45. The molecule has 0 saturated carbocycles. The van der Waals surface area contributed by atoms with Crippen molar-refractivity contribution >= 4 is 0 Å². The van der Waals surface area contributed by atoms with Crippen LogP contribution in [0, 0.1) is 0 Å². The molecule has 78 valence electrons. The molecule has 0 fully saturated rings. The molecular weight excluding hydrogens is 170 g/mol. The van der Waals surface area contributed by atoms with Crippen LogP contribution in [0.25, 0.3) is 0 Å². The van der Waals surface area contributed by atoms with Crippen LogP contribution in [0.4, 0.5) is 0 Å². The Hall–Kier alpha value is -0.820. The van der Waals surface area contributed by atoms with Gasteiger partial charge in [-0.15, -0.1) is 0 Å². The quantitative estimate of drug-likeness (QED) is 0.691. The summed E-state index contributed by atoms with van der Waals surface area (Å²) in [4.78, 5) is 2.45. The Kier molecular flexibility index (Phi) is 4.68. The highest BCUT2D eigenvalue weighted by Gasteiger charge is 2.03. The number of hydrogen-bond donors (Lipinski definition) is 0. The van der Waals surface area contributed by atoms with Crippen LogP contribution in [0.15, 0.2) is 24.3 Å². The normalized spacial score (nSPS) is 10.9. The van der Waals surface area contributed by atoms with Gasteiger partial charge < -0.3 is 0 Å². The molecule has 0 aliphatic heterocycles. The summed E-state index contributed by atoms with van der Waals surface area (Å²) in [6.45, 7) is 10.0. The average Bonchev–Trinajstić information content (AvgIpc) is 2.26. The van der Waals surface area contributed by atoms with Crippen LogP contribution in [0.3, 0.4) is 0 Å². The SMILES string of the molecule is CCc1ccccc1CN(CC)CC. The second-order valence-electron chi connectivity index (χ2n) is 3.58. The Morgan fingerprint density at radius 1 is 0.929 bits per heavy atom. The first-order valence-corrected chi connectivity index (χ1v) is 5.60. The molecule has 0 atom stereocenters. The smallest absolute Gasteiger partial charge is 0.0236 e. The van der Waals surface area contributed by atoms with E-state index in [0.717, 1.165) is 26.1 Å². The minimum atomic E-state index is 1.09. The summed E-state index contributed by atoms with van der Waals surface area (Å²) in [5.74, 6) is 0. The predicted octanol–water partition coefficient (Wildman–Crippen LogP) is 3.09. The average molecular weight is 191 g/mol. The lowest BCUT2D eigenvalue weighted by molar-refractivity contribution is 0.295. The van der Waals surface area contributed by atoms with Crippen molar-refractivity contribution in [2.75, 3.05) is 13.1 Å². The molecule has 1 heteroatoms. The topological polar surface area (TPSA) is 3.24 Å². The second kappa shape index (κ2) is 5.82. The van der Waals surface area contributed by atoms with Gasteiger partial charge in [-0.2, -0.15) is 0 Å². The van der Waals surface area contributed by atoms with E-state index in [0.29, 0.717) is 0 Å². The van der Waals surface area contributed by atoms with Gasteiger partial charge in [0, 0.05) is 6.54 Å². The predicted molar refractivity (Wildman–Crippen MR) is 62.4 cm³/mol. The van der Waals surface area contributed by atoms with E-state index < -0.39 is 0 Å². The maximum Gasteiger partial charge on any atom is 0.0236 e. The Balaban J connectivity index is 2.74. The van der Waals surface area contributed by atoms with Crippen LogP contribution in [-0.2, 0) is 13.0 Å². The summed E-state index contributed by atoms with van der Waals surface area (Å²) in [5, 5.41) is 0. The van der Waals surface area contributed by atoms with Crippen LogP contribution >= 0.6 is 0 Å². The van der Waals surface area contributed by atoms with E-state index in [1.54, 1.807) is 0 Å². The first-order chi connectivity index (χ1) is 6.81. The van der Waals surface area contributed by atoms with Gasteiger partial charge in [-0.3, -0.25) is 4.90 Å². The minimum absolute atomic E-state index is 1.09. The number of nitrogens with zero attached hydrogens (tertiary/aromatic N) is 1. The van der Waals surface area contributed by atoms with Crippen molar-refractivity contribution in [2.45, 2.75) is 33.7 Å². The number of hydrogen-bond acceptors (Lipinski definition) is 1. The molecule has 1 aromatic carbocycles. The van der Waals surface area contributed by atoms with E-state index in [1.165, 1.54) is 11.1 Å². The van der Waals surface area contributed by atoms with Crippen LogP contribution in [0.2, 0.25) is 0 Å². The third-order valence-corrected chi connectivity index (χ3v) is 2.79. The van der Waals surface area contributed by atoms with E-state index in [9.17, 15) is 0 Å². The first kappa shape index (κ1) is 11.3. The zero-order valence-corrected chi connectivity index (χ0v) is 9.59. The monoisotopic (exact) mass is 191 g/mol. The molecule has 1 nitrogen and oxygen atoms in total. The third-order valence-electron chi connectivity index (χ3n) is 2.79. The Morgan fingerprint density at radius 2 is 1.50 bits per heavy atom. The lowest BCUT2D eigenvalue weighted by Gasteiger charge is -2.19. The van der Waals surface area contributed by atoms with Crippen molar-refractivity contribution in [1.82, 2.24) is 4.90 Å². The standard InChI is InChI=1S/C13H21N/c1-4-12-9-7-8-10-13(12)11-14(5-2)6-3/h7-10H,4-6,11H2,1-3H3. The van der Waals surface area contributed by atoms with Gasteiger partial charge in [0.1, 0.15) is 0 Å². The van der Waals surface area contributed by atoms with Gasteiger partial charge in [-0.1, -0.05) is 45.0 Å². The summed E-state index contributed by atoms with van der Waals surface area (Å²) >= 11 is 0. The second-order valence-corrected chi connectivity index (χ2v) is 3.58. The first-order valence-electron chi connectivity index (χ1n) is 5.60. The van der Waals surface area contributed by atoms with Crippen molar-refractivity contribution in [1.29, 1.82) is 0 Å². The number of aryl methyl sites for hydroxylation is 1. The summed E-state index contributed by atoms with van der Waals surface area (Å²) in [6.07, 6.45) is 1.14. The van der Waals surface area contributed by atoms with E-state index in [1.807, 2.05) is 0 Å². The lowest BCUT2D eigenvalue weighted by Crippen LogP contribution is -2.22. The van der Waals surface area contributed by atoms with Gasteiger partial charge in [0.25, 0.3) is 0 Å². The van der Waals surface area contributed by atoms with Crippen LogP contribution in [0.5, 0.6) is 0 Å². The summed E-state index contributed by atoms with van der Waals surface area (Å²) in [6, 6.07) is 8.75. The molecule has 0 bridgehead atoms. The van der Waals surface area contributed by atoms with Crippen molar-refractivity contribution in [3.8, 4) is 0 Å². The van der Waals surface area contributed by atoms with Gasteiger partial charge in [-0.25, -0.2) is 0 Å². The molecule has 1 rings (SSSR count). The number of rotatable bonds is 5. The highest BCUT2D eigenvalue weighted by atomic mass is 15.1. The zero-order valence-electron chi connectivity index (χ0n) is 9.59. The molecule has 0 spiro atoms. The third kappa shape index (κ3) is 2.85. The molecule has 0 radical (unpaired) electrons. The zero-order chi connectivity index (χ0) is 10.4. The summed E-state index contributed by atoms with van der Waals surface area (Å²) in [5.41, 5.74) is 2.97. The molecule has 0 heterocycles. The van der Waals surface area contributed by atoms with Crippen molar-refractivity contribution in [3.05, 3.63) is 35.4 Å². The van der Waals surface area contributed by atoms with Gasteiger partial charge in [0.2, 0.25) is 0 Å². The molecule has 14 heavy (non-hydrogen) atoms. The molecule has 0 saturated heterocycles. The van der Waals surface area contributed by atoms with Gasteiger partial charge in [0.15, 0.2) is 0 Å². The molecule has 1 aromatic rings. The van der Waals surface area contributed by atoms with Crippen LogP contribution < -0.4 is 0 Å². The lowest BCUT2D eigenvalue weighted by atomic mass is 10.1. The fourth-order valence-corrected chi connectivity index (χ4v) is 1.74. The molecule has 0 unspecified atom stereocenters. The molecule has 0 aliphatic carbocycles. The fraction of sp³-hybridized carbons (Fsp3) is 0.538. The van der Waals surface area contributed by atoms with E-state index >= 15 is 0 Å². The molecule has 0 aliphatic rings.